The van der Waals surface area contributed by atoms with Gasteiger partial charge < -0.3 is 10.3 Å². The molecule has 1 aromatic carbocycles. The molecule has 0 atom stereocenters. The van der Waals surface area contributed by atoms with Gasteiger partial charge in [-0.05, 0) is 31.4 Å². The highest BCUT2D eigenvalue weighted by Crippen LogP contribution is 2.35. The predicted octanol–water partition coefficient (Wildman–Crippen LogP) is 3.57. The minimum Gasteiger partial charge on any atom is -0.346 e. The number of rotatable bonds is 3. The van der Waals surface area contributed by atoms with E-state index in [4.69, 9.17) is 0 Å². The van der Waals surface area contributed by atoms with Crippen LogP contribution in [0.5, 0.6) is 0 Å². The number of nitrogens with zero attached hydrogens (tertiary/aromatic N) is 3. The Hall–Kier alpha value is -2.86. The maximum Gasteiger partial charge on any atom is 0.322 e. The second kappa shape index (κ2) is 6.95. The van der Waals surface area contributed by atoms with Crippen LogP contribution in [0.15, 0.2) is 42.7 Å². The number of piperidine rings is 1. The number of likely N-dealkylation sites (tertiary alicyclic amines) is 1. The summed E-state index contributed by atoms with van der Waals surface area (Å²) >= 11 is 0. The molecule has 2 amide bonds. The Kier molecular flexibility index (Phi) is 4.28. The van der Waals surface area contributed by atoms with E-state index in [2.05, 4.69) is 51.4 Å². The van der Waals surface area contributed by atoms with Crippen LogP contribution in [0.1, 0.15) is 29.5 Å². The molecule has 6 nitrogen and oxygen atoms in total. The van der Waals surface area contributed by atoms with Gasteiger partial charge in [0.25, 0.3) is 0 Å². The fourth-order valence-electron chi connectivity index (χ4n) is 4.44. The number of carbonyl (C=O) groups excluding carboxylic acids is 1. The Morgan fingerprint density at radius 1 is 1.14 bits per heavy atom. The average molecular weight is 375 g/mol. The topological polar surface area (TPSA) is 64.3 Å². The summed E-state index contributed by atoms with van der Waals surface area (Å²) in [5.74, 6) is 0. The lowest BCUT2D eigenvalue weighted by molar-refractivity contribution is 0.196. The molecule has 6 heteroatoms. The smallest absolute Gasteiger partial charge is 0.322 e. The highest BCUT2D eigenvalue weighted by atomic mass is 16.2. The highest BCUT2D eigenvalue weighted by molar-refractivity contribution is 6.04. The van der Waals surface area contributed by atoms with Crippen molar-refractivity contribution >= 4 is 22.8 Å². The van der Waals surface area contributed by atoms with Gasteiger partial charge in [-0.2, -0.15) is 0 Å². The van der Waals surface area contributed by atoms with Crippen molar-refractivity contribution in [1.29, 1.82) is 0 Å². The van der Waals surface area contributed by atoms with Gasteiger partial charge in [0.05, 0.1) is 5.69 Å². The molecule has 2 aromatic heterocycles. The molecule has 0 spiro atoms. The number of hydrogen-bond acceptors (Lipinski definition) is 3. The van der Waals surface area contributed by atoms with Crippen molar-refractivity contribution < 1.29 is 4.79 Å². The lowest BCUT2D eigenvalue weighted by atomic mass is 9.99. The molecule has 0 bridgehead atoms. The van der Waals surface area contributed by atoms with Crippen LogP contribution in [0.4, 0.5) is 10.5 Å². The Bertz CT molecular complexity index is 1000. The summed E-state index contributed by atoms with van der Waals surface area (Å²) in [7, 11) is 0. The van der Waals surface area contributed by atoms with E-state index >= 15 is 0 Å². The number of pyridine rings is 1. The molecule has 3 aromatic rings. The number of H-pyrrole nitrogens is 1. The van der Waals surface area contributed by atoms with E-state index in [0.29, 0.717) is 6.54 Å². The van der Waals surface area contributed by atoms with Gasteiger partial charge in [-0.25, -0.2) is 9.78 Å². The number of aromatic nitrogens is 2. The zero-order valence-electron chi connectivity index (χ0n) is 16.1. The zero-order chi connectivity index (χ0) is 19.1. The third-order valence-corrected chi connectivity index (χ3v) is 5.97. The van der Waals surface area contributed by atoms with Gasteiger partial charge >= 0.3 is 6.03 Å². The van der Waals surface area contributed by atoms with Gasteiger partial charge in [0.1, 0.15) is 5.65 Å². The van der Waals surface area contributed by atoms with E-state index in [1.54, 1.807) is 0 Å². The Labute approximate surface area is 164 Å². The number of anilines is 1. The van der Waals surface area contributed by atoms with E-state index in [0.717, 1.165) is 54.8 Å². The molecule has 144 valence electrons. The summed E-state index contributed by atoms with van der Waals surface area (Å²) in [6.07, 6.45) is 5.74. The molecular formula is C22H25N5O. The molecule has 2 N–H and O–H groups in total. The number of carbonyl (C=O) groups is 1. The molecule has 0 unspecified atom stereocenters. The van der Waals surface area contributed by atoms with Crippen LogP contribution in [0, 0.1) is 6.92 Å². The van der Waals surface area contributed by atoms with Gasteiger partial charge in [0, 0.05) is 55.6 Å². The van der Waals surface area contributed by atoms with Crippen molar-refractivity contribution in [2.45, 2.75) is 38.9 Å². The van der Waals surface area contributed by atoms with Crippen LogP contribution in [0.3, 0.4) is 0 Å². The first-order valence-corrected chi connectivity index (χ1v) is 9.99. The lowest BCUT2D eigenvalue weighted by Crippen LogP contribution is -2.53. The number of aromatic amines is 1. The van der Waals surface area contributed by atoms with Crippen LogP contribution >= 0.6 is 0 Å². The van der Waals surface area contributed by atoms with Crippen LogP contribution in [-0.4, -0.2) is 40.0 Å². The molecule has 5 rings (SSSR count). The first-order valence-electron chi connectivity index (χ1n) is 9.99. The van der Waals surface area contributed by atoms with E-state index in [-0.39, 0.29) is 12.1 Å². The number of hydrogen-bond donors (Lipinski definition) is 2. The van der Waals surface area contributed by atoms with Crippen molar-refractivity contribution in [2.24, 2.45) is 0 Å². The summed E-state index contributed by atoms with van der Waals surface area (Å²) in [6.45, 7) is 5.64. The van der Waals surface area contributed by atoms with E-state index in [1.807, 2.05) is 23.4 Å². The molecule has 2 aliphatic heterocycles. The molecule has 1 fully saturated rings. The van der Waals surface area contributed by atoms with Crippen molar-refractivity contribution in [3.8, 4) is 0 Å². The number of fused-ring (bicyclic) bond motifs is 3. The monoisotopic (exact) mass is 375 g/mol. The number of amides is 2. The number of aryl methyl sites for hydroxylation is 1. The average Bonchev–Trinajstić information content (AvgIpc) is 3.20. The number of urea groups is 1. The fourth-order valence-corrected chi connectivity index (χ4v) is 4.44. The van der Waals surface area contributed by atoms with Gasteiger partial charge in [0.15, 0.2) is 0 Å². The maximum absolute atomic E-state index is 12.8. The molecule has 1 saturated heterocycles. The SMILES string of the molecule is Cc1ccc(CN2CCC(N3C(=O)NCc4cnc5[nH]ccc5c43)CC2)cc1. The Morgan fingerprint density at radius 2 is 1.93 bits per heavy atom. The first-order chi connectivity index (χ1) is 13.7. The third-order valence-electron chi connectivity index (χ3n) is 5.97. The normalized spacial score (nSPS) is 18.3. The largest absolute Gasteiger partial charge is 0.346 e. The molecular weight excluding hydrogens is 350 g/mol. The van der Waals surface area contributed by atoms with Gasteiger partial charge in [-0.1, -0.05) is 29.8 Å². The van der Waals surface area contributed by atoms with Crippen LogP contribution in [-0.2, 0) is 13.1 Å². The van der Waals surface area contributed by atoms with Gasteiger partial charge in [-0.3, -0.25) is 9.80 Å². The van der Waals surface area contributed by atoms with Crippen LogP contribution in [0.25, 0.3) is 11.0 Å². The van der Waals surface area contributed by atoms with E-state index < -0.39 is 0 Å². The van der Waals surface area contributed by atoms with Crippen molar-refractivity contribution in [3.63, 3.8) is 0 Å². The highest BCUT2D eigenvalue weighted by Gasteiger charge is 2.34. The second-order valence-electron chi connectivity index (χ2n) is 7.89. The number of benzene rings is 1. The molecule has 0 radical (unpaired) electrons. The van der Waals surface area contributed by atoms with Crippen molar-refractivity contribution in [2.75, 3.05) is 18.0 Å². The number of nitrogens with one attached hydrogen (secondary N) is 2. The zero-order valence-corrected chi connectivity index (χ0v) is 16.1. The summed E-state index contributed by atoms with van der Waals surface area (Å²) in [4.78, 5) is 24.9. The first kappa shape index (κ1) is 17.3. The quantitative estimate of drug-likeness (QED) is 0.736. The standard InChI is InChI=1S/C22H25N5O/c1-15-2-4-16(5-3-15)14-26-10-7-18(8-11-26)27-20-17(13-25-22(27)28)12-24-21-19(20)6-9-23-21/h2-6,9,12,18H,7-8,10-11,13-14H2,1H3,(H,23,24)(H,25,28). The van der Waals surface area contributed by atoms with Crippen molar-refractivity contribution in [1.82, 2.24) is 20.2 Å². The molecule has 2 aliphatic rings. The van der Waals surface area contributed by atoms with Crippen LogP contribution in [0.2, 0.25) is 0 Å². The molecule has 0 saturated carbocycles. The Morgan fingerprint density at radius 3 is 2.71 bits per heavy atom. The van der Waals surface area contributed by atoms with Crippen molar-refractivity contribution in [3.05, 3.63) is 59.4 Å². The summed E-state index contributed by atoms with van der Waals surface area (Å²) in [6, 6.07) is 11.0. The van der Waals surface area contributed by atoms with E-state index in [9.17, 15) is 4.79 Å². The minimum atomic E-state index is 0.0122. The molecule has 0 aliphatic carbocycles. The van der Waals surface area contributed by atoms with Gasteiger partial charge in [-0.15, -0.1) is 0 Å². The van der Waals surface area contributed by atoms with Gasteiger partial charge in [0.2, 0.25) is 0 Å². The molecule has 28 heavy (non-hydrogen) atoms. The summed E-state index contributed by atoms with van der Waals surface area (Å²) in [5.41, 5.74) is 5.61. The Balaban J connectivity index is 1.34. The second-order valence-corrected chi connectivity index (χ2v) is 7.89. The lowest BCUT2D eigenvalue weighted by Gasteiger charge is -2.41. The summed E-state index contributed by atoms with van der Waals surface area (Å²) in [5, 5.41) is 4.06. The van der Waals surface area contributed by atoms with E-state index in [1.165, 1.54) is 11.1 Å². The minimum absolute atomic E-state index is 0.0122. The third kappa shape index (κ3) is 3.03. The summed E-state index contributed by atoms with van der Waals surface area (Å²) < 4.78 is 0. The molecule has 4 heterocycles. The van der Waals surface area contributed by atoms with Crippen LogP contribution < -0.4 is 10.2 Å². The maximum atomic E-state index is 12.8. The fraction of sp³-hybridized carbons (Fsp3) is 0.364. The predicted molar refractivity (Wildman–Crippen MR) is 110 cm³/mol.